The number of aromatic nitrogens is 4. The van der Waals surface area contributed by atoms with Gasteiger partial charge in [-0.15, -0.1) is 5.10 Å². The Morgan fingerprint density at radius 2 is 2.13 bits per heavy atom. The molecule has 3 aromatic rings. The van der Waals surface area contributed by atoms with Gasteiger partial charge in [-0.05, 0) is 67.8 Å². The molecule has 0 saturated carbocycles. The molecule has 6 heteroatoms. The van der Waals surface area contributed by atoms with Gasteiger partial charge in [0.1, 0.15) is 0 Å². The lowest BCUT2D eigenvalue weighted by Gasteiger charge is -2.09. The van der Waals surface area contributed by atoms with Crippen LogP contribution < -0.4 is 5.32 Å². The molecule has 0 bridgehead atoms. The van der Waals surface area contributed by atoms with E-state index in [-0.39, 0.29) is 6.61 Å². The van der Waals surface area contributed by atoms with Crippen LogP contribution in [-0.2, 0) is 6.42 Å². The predicted molar refractivity (Wildman–Crippen MR) is 126 cm³/mol. The van der Waals surface area contributed by atoms with Crippen LogP contribution in [-0.4, -0.2) is 31.7 Å². The first-order valence-electron chi connectivity index (χ1n) is 10.2. The zero-order chi connectivity index (χ0) is 21.9. The standard InChI is InChI=1S/C25H27N5O/c1-3-8-21(13-14-22-9-4-5-15-26-22)17-20(2)27-23-10-6-12-25(18-23)30-19-24(28-29-30)11-7-16-31/h3-6,8-10,12-15,17-19,27,31H,1,7,11,16H2,2H3/b14-13+,20-17+,21-8-. The largest absolute Gasteiger partial charge is 0.396 e. The highest BCUT2D eigenvalue weighted by atomic mass is 16.2. The average molecular weight is 414 g/mol. The molecule has 0 aliphatic rings. The van der Waals surface area contributed by atoms with Crippen LogP contribution in [0.25, 0.3) is 11.8 Å². The number of allylic oxidation sites excluding steroid dienone is 6. The van der Waals surface area contributed by atoms with E-state index in [1.54, 1.807) is 17.0 Å². The highest BCUT2D eigenvalue weighted by Gasteiger charge is 2.04. The zero-order valence-corrected chi connectivity index (χ0v) is 17.6. The van der Waals surface area contributed by atoms with Crippen LogP contribution in [0.3, 0.4) is 0 Å². The number of hydrogen-bond acceptors (Lipinski definition) is 5. The summed E-state index contributed by atoms with van der Waals surface area (Å²) in [6, 6.07) is 13.8. The maximum atomic E-state index is 8.97. The van der Waals surface area contributed by atoms with E-state index in [0.29, 0.717) is 12.8 Å². The fraction of sp³-hybridized carbons (Fsp3) is 0.160. The van der Waals surface area contributed by atoms with E-state index < -0.39 is 0 Å². The lowest BCUT2D eigenvalue weighted by Crippen LogP contribution is -1.99. The summed E-state index contributed by atoms with van der Waals surface area (Å²) in [6.45, 7) is 5.97. The minimum Gasteiger partial charge on any atom is -0.396 e. The molecular formula is C25H27N5O. The van der Waals surface area contributed by atoms with Gasteiger partial charge in [0, 0.05) is 24.2 Å². The van der Waals surface area contributed by atoms with E-state index in [4.69, 9.17) is 5.11 Å². The Kier molecular flexibility index (Phi) is 8.08. The molecule has 0 aliphatic carbocycles. The van der Waals surface area contributed by atoms with Crippen molar-refractivity contribution in [3.8, 4) is 5.69 Å². The summed E-state index contributed by atoms with van der Waals surface area (Å²) in [7, 11) is 0. The minimum atomic E-state index is 0.150. The van der Waals surface area contributed by atoms with Crippen molar-refractivity contribution in [2.75, 3.05) is 11.9 Å². The van der Waals surface area contributed by atoms with Gasteiger partial charge in [0.15, 0.2) is 0 Å². The number of pyridine rings is 1. The summed E-state index contributed by atoms with van der Waals surface area (Å²) in [4.78, 5) is 4.31. The van der Waals surface area contributed by atoms with Gasteiger partial charge in [0.25, 0.3) is 0 Å². The second-order valence-electron chi connectivity index (χ2n) is 6.97. The molecule has 0 atom stereocenters. The van der Waals surface area contributed by atoms with Gasteiger partial charge in [0.05, 0.1) is 23.3 Å². The van der Waals surface area contributed by atoms with Crippen molar-refractivity contribution in [2.24, 2.45) is 0 Å². The SMILES string of the molecule is C=C/C=C(/C=C/c1ccccn1)\C=C(/C)Nc1cccc(-n2cc(CCCO)nn2)c1. The number of anilines is 1. The first kappa shape index (κ1) is 21.9. The fourth-order valence-electron chi connectivity index (χ4n) is 2.98. The third kappa shape index (κ3) is 6.90. The molecular weight excluding hydrogens is 386 g/mol. The maximum Gasteiger partial charge on any atom is 0.0832 e. The van der Waals surface area contributed by atoms with Crippen LogP contribution >= 0.6 is 0 Å². The third-order valence-electron chi connectivity index (χ3n) is 4.41. The monoisotopic (exact) mass is 413 g/mol. The van der Waals surface area contributed by atoms with Crippen LogP contribution in [0.15, 0.2) is 97.0 Å². The molecule has 6 nitrogen and oxygen atoms in total. The van der Waals surface area contributed by atoms with Crippen LogP contribution in [0, 0.1) is 0 Å². The number of benzene rings is 1. The molecule has 0 unspecified atom stereocenters. The van der Waals surface area contributed by atoms with Crippen molar-refractivity contribution in [3.63, 3.8) is 0 Å². The van der Waals surface area contributed by atoms with E-state index in [9.17, 15) is 0 Å². The maximum absolute atomic E-state index is 8.97. The quantitative estimate of drug-likeness (QED) is 0.470. The molecule has 2 N–H and O–H groups in total. The van der Waals surface area contributed by atoms with Gasteiger partial charge in [-0.1, -0.05) is 42.2 Å². The van der Waals surface area contributed by atoms with Gasteiger partial charge < -0.3 is 10.4 Å². The highest BCUT2D eigenvalue weighted by Crippen LogP contribution is 2.17. The highest BCUT2D eigenvalue weighted by molar-refractivity contribution is 5.57. The van der Waals surface area contributed by atoms with Crippen molar-refractivity contribution >= 4 is 11.8 Å². The molecule has 0 saturated heterocycles. The fourth-order valence-corrected chi connectivity index (χ4v) is 2.98. The number of hydrogen-bond donors (Lipinski definition) is 2. The molecule has 31 heavy (non-hydrogen) atoms. The number of aliphatic hydroxyl groups is 1. The Bertz CT molecular complexity index is 1080. The topological polar surface area (TPSA) is 75.9 Å². The van der Waals surface area contributed by atoms with Gasteiger partial charge in [0.2, 0.25) is 0 Å². The van der Waals surface area contributed by atoms with Gasteiger partial charge in [-0.3, -0.25) is 4.98 Å². The Morgan fingerprint density at radius 3 is 2.90 bits per heavy atom. The van der Waals surface area contributed by atoms with Crippen LogP contribution in [0.1, 0.15) is 24.7 Å². The molecule has 1 aromatic carbocycles. The Labute approximate surface area is 183 Å². The molecule has 0 amide bonds. The van der Waals surface area contributed by atoms with Crippen LogP contribution in [0.5, 0.6) is 0 Å². The third-order valence-corrected chi connectivity index (χ3v) is 4.41. The molecule has 2 heterocycles. The molecule has 0 aliphatic heterocycles. The Morgan fingerprint density at radius 1 is 1.23 bits per heavy atom. The van der Waals surface area contributed by atoms with Crippen molar-refractivity contribution in [2.45, 2.75) is 19.8 Å². The first-order valence-corrected chi connectivity index (χ1v) is 10.2. The summed E-state index contributed by atoms with van der Waals surface area (Å²) in [5.41, 5.74) is 5.62. The van der Waals surface area contributed by atoms with Crippen molar-refractivity contribution in [1.29, 1.82) is 0 Å². The summed E-state index contributed by atoms with van der Waals surface area (Å²) >= 11 is 0. The average Bonchev–Trinajstić information content (AvgIpc) is 3.26. The van der Waals surface area contributed by atoms with Gasteiger partial charge in [-0.2, -0.15) is 0 Å². The lowest BCUT2D eigenvalue weighted by atomic mass is 10.1. The predicted octanol–water partition coefficient (Wildman–Crippen LogP) is 4.73. The lowest BCUT2D eigenvalue weighted by molar-refractivity contribution is 0.288. The molecule has 2 aromatic heterocycles. The molecule has 0 spiro atoms. The number of rotatable bonds is 10. The molecule has 0 radical (unpaired) electrons. The van der Waals surface area contributed by atoms with Crippen molar-refractivity contribution in [3.05, 3.63) is 108 Å². The number of aliphatic hydroxyl groups excluding tert-OH is 1. The van der Waals surface area contributed by atoms with Gasteiger partial charge >= 0.3 is 0 Å². The summed E-state index contributed by atoms with van der Waals surface area (Å²) in [5.74, 6) is 0. The Balaban J connectivity index is 1.72. The normalized spacial score (nSPS) is 12.3. The summed E-state index contributed by atoms with van der Waals surface area (Å²) in [6.07, 6.45) is 14.8. The smallest absolute Gasteiger partial charge is 0.0832 e. The summed E-state index contributed by atoms with van der Waals surface area (Å²) < 4.78 is 1.75. The van der Waals surface area contributed by atoms with E-state index in [1.165, 1.54) is 0 Å². The van der Waals surface area contributed by atoms with E-state index >= 15 is 0 Å². The second-order valence-corrected chi connectivity index (χ2v) is 6.97. The number of nitrogens with one attached hydrogen (secondary N) is 1. The van der Waals surface area contributed by atoms with Crippen LogP contribution in [0.2, 0.25) is 0 Å². The number of nitrogens with zero attached hydrogens (tertiary/aromatic N) is 4. The zero-order valence-electron chi connectivity index (χ0n) is 17.6. The second kappa shape index (κ2) is 11.4. The first-order chi connectivity index (χ1) is 15.2. The summed E-state index contributed by atoms with van der Waals surface area (Å²) in [5, 5.41) is 20.8. The molecule has 158 valence electrons. The van der Waals surface area contributed by atoms with E-state index in [0.717, 1.165) is 34.0 Å². The van der Waals surface area contributed by atoms with Gasteiger partial charge in [-0.25, -0.2) is 4.68 Å². The minimum absolute atomic E-state index is 0.150. The van der Waals surface area contributed by atoms with Crippen molar-refractivity contribution in [1.82, 2.24) is 20.0 Å². The van der Waals surface area contributed by atoms with E-state index in [1.807, 2.05) is 73.8 Å². The molecule has 3 rings (SSSR count). The van der Waals surface area contributed by atoms with Crippen molar-refractivity contribution < 1.29 is 5.11 Å². The molecule has 0 fully saturated rings. The van der Waals surface area contributed by atoms with E-state index in [2.05, 4.69) is 33.3 Å². The van der Waals surface area contributed by atoms with Crippen LogP contribution in [0.4, 0.5) is 5.69 Å². The number of aryl methyl sites for hydroxylation is 1. The Hall–Kier alpha value is -3.77.